The molecular formula is C11H26N2O2. The average molecular weight is 218 g/mol. The third kappa shape index (κ3) is 13.8. The number of rotatable bonds is 9. The summed E-state index contributed by atoms with van der Waals surface area (Å²) < 4.78 is 5.14. The zero-order valence-corrected chi connectivity index (χ0v) is 10.3. The van der Waals surface area contributed by atoms with Crippen molar-refractivity contribution >= 4 is 0 Å². The van der Waals surface area contributed by atoms with Crippen molar-refractivity contribution in [2.24, 2.45) is 0 Å². The molecule has 0 fully saturated rings. The molecule has 0 heterocycles. The highest BCUT2D eigenvalue weighted by molar-refractivity contribution is 4.70. The molecule has 4 nitrogen and oxygen atoms in total. The summed E-state index contributed by atoms with van der Waals surface area (Å²) in [5, 5.41) is 15.2. The maximum Gasteiger partial charge on any atom is 0.0697 e. The van der Waals surface area contributed by atoms with Crippen LogP contribution in [0.15, 0.2) is 0 Å². The maximum absolute atomic E-state index is 8.47. The summed E-state index contributed by atoms with van der Waals surface area (Å²) >= 11 is 0. The van der Waals surface area contributed by atoms with Gasteiger partial charge in [-0.1, -0.05) is 0 Å². The quantitative estimate of drug-likeness (QED) is 0.489. The van der Waals surface area contributed by atoms with Gasteiger partial charge in [0.05, 0.1) is 13.2 Å². The van der Waals surface area contributed by atoms with Crippen molar-refractivity contribution in [3.63, 3.8) is 0 Å². The molecule has 0 radical (unpaired) electrons. The summed E-state index contributed by atoms with van der Waals surface area (Å²) in [6.45, 7) is 10.7. The monoisotopic (exact) mass is 218 g/mol. The van der Waals surface area contributed by atoms with Crippen LogP contribution in [0, 0.1) is 0 Å². The topological polar surface area (TPSA) is 53.5 Å². The third-order valence-corrected chi connectivity index (χ3v) is 1.83. The summed E-state index contributed by atoms with van der Waals surface area (Å²) in [5.41, 5.74) is 0.200. The van der Waals surface area contributed by atoms with Gasteiger partial charge in [-0.2, -0.15) is 0 Å². The fraction of sp³-hybridized carbons (Fsp3) is 1.00. The minimum Gasteiger partial charge on any atom is -0.394 e. The molecule has 0 rings (SSSR count). The van der Waals surface area contributed by atoms with Crippen LogP contribution >= 0.6 is 0 Å². The number of aliphatic hydroxyl groups excluding tert-OH is 1. The van der Waals surface area contributed by atoms with Gasteiger partial charge in [0, 0.05) is 25.2 Å². The van der Waals surface area contributed by atoms with Crippen molar-refractivity contribution in [2.45, 2.75) is 32.7 Å². The van der Waals surface area contributed by atoms with E-state index in [4.69, 9.17) is 9.84 Å². The Labute approximate surface area is 93.4 Å². The van der Waals surface area contributed by atoms with E-state index in [9.17, 15) is 0 Å². The first-order valence-electron chi connectivity index (χ1n) is 5.70. The van der Waals surface area contributed by atoms with Crippen LogP contribution in [0.4, 0.5) is 0 Å². The van der Waals surface area contributed by atoms with Crippen LogP contribution in [0.5, 0.6) is 0 Å². The number of hydrogen-bond acceptors (Lipinski definition) is 4. The summed E-state index contributed by atoms with van der Waals surface area (Å²) in [7, 11) is 0. The molecule has 0 saturated heterocycles. The molecule has 0 aliphatic heterocycles. The first-order chi connectivity index (χ1) is 7.06. The predicted molar refractivity (Wildman–Crippen MR) is 63.1 cm³/mol. The fourth-order valence-corrected chi connectivity index (χ4v) is 1.12. The zero-order valence-electron chi connectivity index (χ0n) is 10.3. The van der Waals surface area contributed by atoms with Crippen LogP contribution in [0.25, 0.3) is 0 Å². The molecule has 0 amide bonds. The summed E-state index contributed by atoms with van der Waals surface area (Å²) in [4.78, 5) is 0. The normalized spacial score (nSPS) is 12.0. The Morgan fingerprint density at radius 1 is 1.07 bits per heavy atom. The SMILES string of the molecule is CC(C)(C)NCCNCCCOCCO. The summed E-state index contributed by atoms with van der Waals surface area (Å²) in [6.07, 6.45) is 0.996. The van der Waals surface area contributed by atoms with E-state index in [-0.39, 0.29) is 12.1 Å². The molecule has 4 heteroatoms. The molecule has 0 atom stereocenters. The zero-order chi connectivity index (χ0) is 11.6. The molecule has 15 heavy (non-hydrogen) atoms. The van der Waals surface area contributed by atoms with Crippen LogP contribution < -0.4 is 10.6 Å². The van der Waals surface area contributed by atoms with Crippen molar-refractivity contribution in [2.75, 3.05) is 39.5 Å². The van der Waals surface area contributed by atoms with Gasteiger partial charge in [-0.3, -0.25) is 0 Å². The predicted octanol–water partition coefficient (Wildman–Crippen LogP) is 0.363. The molecule has 0 aromatic carbocycles. The first-order valence-corrected chi connectivity index (χ1v) is 5.70. The smallest absolute Gasteiger partial charge is 0.0697 e. The van der Waals surface area contributed by atoms with Gasteiger partial charge in [0.2, 0.25) is 0 Å². The van der Waals surface area contributed by atoms with Crippen molar-refractivity contribution in [3.05, 3.63) is 0 Å². The van der Waals surface area contributed by atoms with E-state index in [1.807, 2.05) is 0 Å². The Balaban J connectivity index is 2.99. The number of hydrogen-bond donors (Lipinski definition) is 3. The number of ether oxygens (including phenoxy) is 1. The van der Waals surface area contributed by atoms with E-state index >= 15 is 0 Å². The average Bonchev–Trinajstić information content (AvgIpc) is 2.14. The Morgan fingerprint density at radius 2 is 1.80 bits per heavy atom. The van der Waals surface area contributed by atoms with E-state index in [2.05, 4.69) is 31.4 Å². The number of aliphatic hydroxyl groups is 1. The first kappa shape index (κ1) is 14.8. The lowest BCUT2D eigenvalue weighted by Crippen LogP contribution is -2.40. The molecule has 92 valence electrons. The Bertz CT molecular complexity index is 135. The summed E-state index contributed by atoms with van der Waals surface area (Å²) in [5.74, 6) is 0. The van der Waals surface area contributed by atoms with E-state index in [1.165, 1.54) is 0 Å². The Kier molecular flexibility index (Phi) is 9.00. The molecule has 0 unspecified atom stereocenters. The Hall–Kier alpha value is -0.160. The van der Waals surface area contributed by atoms with Crippen LogP contribution in [0.2, 0.25) is 0 Å². The fourth-order valence-electron chi connectivity index (χ4n) is 1.12. The van der Waals surface area contributed by atoms with Crippen LogP contribution in [0.3, 0.4) is 0 Å². The van der Waals surface area contributed by atoms with E-state index < -0.39 is 0 Å². The molecule has 0 aliphatic rings. The van der Waals surface area contributed by atoms with Crippen LogP contribution in [-0.4, -0.2) is 50.1 Å². The van der Waals surface area contributed by atoms with Gasteiger partial charge in [0.1, 0.15) is 0 Å². The second-order valence-corrected chi connectivity index (χ2v) is 4.62. The molecule has 3 N–H and O–H groups in total. The lowest BCUT2D eigenvalue weighted by molar-refractivity contribution is 0.0907. The van der Waals surface area contributed by atoms with E-state index in [0.717, 1.165) is 32.7 Å². The minimum absolute atomic E-state index is 0.114. The standard InChI is InChI=1S/C11H26N2O2/c1-11(2,3)13-7-6-12-5-4-9-15-10-8-14/h12-14H,4-10H2,1-3H3. The highest BCUT2D eigenvalue weighted by Crippen LogP contribution is 1.96. The summed E-state index contributed by atoms with van der Waals surface area (Å²) in [6, 6.07) is 0. The van der Waals surface area contributed by atoms with Crippen molar-refractivity contribution in [1.82, 2.24) is 10.6 Å². The molecular weight excluding hydrogens is 192 g/mol. The minimum atomic E-state index is 0.114. The number of nitrogens with one attached hydrogen (secondary N) is 2. The van der Waals surface area contributed by atoms with Gasteiger partial charge in [-0.05, 0) is 33.7 Å². The van der Waals surface area contributed by atoms with Crippen LogP contribution in [0.1, 0.15) is 27.2 Å². The van der Waals surface area contributed by atoms with Gasteiger partial charge >= 0.3 is 0 Å². The van der Waals surface area contributed by atoms with E-state index in [1.54, 1.807) is 0 Å². The molecule has 0 saturated carbocycles. The maximum atomic E-state index is 8.47. The highest BCUT2D eigenvalue weighted by atomic mass is 16.5. The van der Waals surface area contributed by atoms with Crippen molar-refractivity contribution < 1.29 is 9.84 Å². The highest BCUT2D eigenvalue weighted by Gasteiger charge is 2.06. The van der Waals surface area contributed by atoms with Gasteiger partial charge in [-0.25, -0.2) is 0 Å². The van der Waals surface area contributed by atoms with Crippen molar-refractivity contribution in [3.8, 4) is 0 Å². The van der Waals surface area contributed by atoms with E-state index in [0.29, 0.717) is 6.61 Å². The molecule has 0 spiro atoms. The molecule has 0 aliphatic carbocycles. The van der Waals surface area contributed by atoms with Gasteiger partial charge < -0.3 is 20.5 Å². The van der Waals surface area contributed by atoms with Gasteiger partial charge in [-0.15, -0.1) is 0 Å². The third-order valence-electron chi connectivity index (χ3n) is 1.83. The second-order valence-electron chi connectivity index (χ2n) is 4.62. The van der Waals surface area contributed by atoms with Crippen molar-refractivity contribution in [1.29, 1.82) is 0 Å². The Morgan fingerprint density at radius 3 is 2.40 bits per heavy atom. The lowest BCUT2D eigenvalue weighted by atomic mass is 10.1. The molecule has 0 aromatic rings. The second kappa shape index (κ2) is 9.09. The molecule has 0 aromatic heterocycles. The van der Waals surface area contributed by atoms with Gasteiger partial charge in [0.25, 0.3) is 0 Å². The van der Waals surface area contributed by atoms with Gasteiger partial charge in [0.15, 0.2) is 0 Å². The molecule has 0 bridgehead atoms. The largest absolute Gasteiger partial charge is 0.394 e. The van der Waals surface area contributed by atoms with Crippen LogP contribution in [-0.2, 0) is 4.74 Å². The lowest BCUT2D eigenvalue weighted by Gasteiger charge is -2.20.